The lowest BCUT2D eigenvalue weighted by molar-refractivity contribution is -0.115. The van der Waals surface area contributed by atoms with E-state index in [2.05, 4.69) is 43.5 Å². The van der Waals surface area contributed by atoms with Crippen molar-refractivity contribution >= 4 is 41.3 Å². The van der Waals surface area contributed by atoms with Gasteiger partial charge >= 0.3 is 0 Å². The molecule has 1 aliphatic carbocycles. The molecule has 1 fully saturated rings. The molecule has 4 rings (SSSR count). The summed E-state index contributed by atoms with van der Waals surface area (Å²) in [6.07, 6.45) is 6.58. The van der Waals surface area contributed by atoms with E-state index < -0.39 is 5.25 Å². The number of aliphatic hydroxyl groups is 1. The van der Waals surface area contributed by atoms with E-state index in [-0.39, 0.29) is 17.2 Å². The Kier molecular flexibility index (Phi) is 13.9. The van der Waals surface area contributed by atoms with Gasteiger partial charge in [-0.3, -0.25) is 9.59 Å². The Bertz CT molecular complexity index is 1220. The van der Waals surface area contributed by atoms with Gasteiger partial charge in [0.25, 0.3) is 5.91 Å². The molecule has 3 aromatic carbocycles. The molecule has 0 aromatic heterocycles. The SMILES string of the molecule is CC(C)(C)c1ccc(C(Sc2ccc(C(=O)NCCSO)cc2)C(=O)Nc2ccccc2)cc1.OCC1CCCCC1. The van der Waals surface area contributed by atoms with Crippen molar-refractivity contribution in [2.45, 2.75) is 68.4 Å². The number of carbonyl (C=O) groups is 2. The third kappa shape index (κ3) is 11.1. The quantitative estimate of drug-likeness (QED) is 0.106. The van der Waals surface area contributed by atoms with Crippen molar-refractivity contribution in [2.75, 3.05) is 24.2 Å². The zero-order valence-electron chi connectivity index (χ0n) is 24.8. The highest BCUT2D eigenvalue weighted by atomic mass is 32.2. The summed E-state index contributed by atoms with van der Waals surface area (Å²) in [5, 5.41) is 14.0. The molecule has 3 aromatic rings. The number of nitrogens with one attached hydrogen (secondary N) is 2. The first kappa shape index (κ1) is 33.7. The van der Waals surface area contributed by atoms with Crippen LogP contribution in [0.25, 0.3) is 0 Å². The molecule has 42 heavy (non-hydrogen) atoms. The van der Waals surface area contributed by atoms with Crippen LogP contribution in [0.4, 0.5) is 5.69 Å². The van der Waals surface area contributed by atoms with Gasteiger partial charge in [-0.25, -0.2) is 0 Å². The van der Waals surface area contributed by atoms with Crippen LogP contribution in [-0.4, -0.2) is 40.4 Å². The van der Waals surface area contributed by atoms with Crippen molar-refractivity contribution in [1.29, 1.82) is 0 Å². The van der Waals surface area contributed by atoms with Crippen molar-refractivity contribution in [2.24, 2.45) is 5.92 Å². The van der Waals surface area contributed by atoms with E-state index in [9.17, 15) is 9.59 Å². The van der Waals surface area contributed by atoms with E-state index in [1.54, 1.807) is 12.1 Å². The normalized spacial score (nSPS) is 14.3. The number of benzene rings is 3. The Balaban J connectivity index is 0.000000521. The molecular weight excluding hydrogens is 565 g/mol. The first-order valence-electron chi connectivity index (χ1n) is 14.6. The standard InChI is InChI=1S/C27H30N2O3S2.C7H14O/c1-27(2,3)21-13-9-19(10-14-21)24(26(31)29-22-7-5-4-6-8-22)34-23-15-11-20(12-16-23)25(30)28-17-18-33-32;8-6-7-4-2-1-3-5-7/h4-16,24,32H,17-18H2,1-3H3,(H,28,30)(H,29,31);7-8H,1-6H2. The predicted molar refractivity (Wildman–Crippen MR) is 176 cm³/mol. The van der Waals surface area contributed by atoms with Crippen LogP contribution in [0.2, 0.25) is 0 Å². The second-order valence-electron chi connectivity index (χ2n) is 11.5. The number of hydrogen-bond donors (Lipinski definition) is 4. The van der Waals surface area contributed by atoms with Gasteiger partial charge in [0, 0.05) is 35.1 Å². The van der Waals surface area contributed by atoms with Crippen molar-refractivity contribution in [3.63, 3.8) is 0 Å². The largest absolute Gasteiger partial charge is 0.396 e. The van der Waals surface area contributed by atoms with E-state index >= 15 is 0 Å². The van der Waals surface area contributed by atoms with Gasteiger partial charge in [0.15, 0.2) is 0 Å². The number of amides is 2. The van der Waals surface area contributed by atoms with E-state index in [4.69, 9.17) is 9.66 Å². The van der Waals surface area contributed by atoms with Crippen LogP contribution in [0.5, 0.6) is 0 Å². The van der Waals surface area contributed by atoms with Gasteiger partial charge in [-0.05, 0) is 83.7 Å². The second-order valence-corrected chi connectivity index (χ2v) is 13.4. The third-order valence-electron chi connectivity index (χ3n) is 7.19. The molecule has 1 saturated carbocycles. The summed E-state index contributed by atoms with van der Waals surface area (Å²) in [6, 6.07) is 24.8. The van der Waals surface area contributed by atoms with E-state index in [0.29, 0.717) is 42.4 Å². The highest BCUT2D eigenvalue weighted by Gasteiger charge is 2.24. The molecule has 226 valence electrons. The number of aliphatic hydroxyl groups excluding tert-OH is 1. The molecule has 0 saturated heterocycles. The van der Waals surface area contributed by atoms with Gasteiger partial charge in [-0.2, -0.15) is 0 Å². The second kappa shape index (κ2) is 17.4. The smallest absolute Gasteiger partial charge is 0.251 e. The average molecular weight is 609 g/mol. The van der Waals surface area contributed by atoms with Gasteiger partial charge in [0.1, 0.15) is 5.25 Å². The Morgan fingerprint density at radius 3 is 2.10 bits per heavy atom. The molecule has 8 heteroatoms. The molecule has 0 aliphatic heterocycles. The maximum atomic E-state index is 13.3. The summed E-state index contributed by atoms with van der Waals surface area (Å²) in [7, 11) is 0. The van der Waals surface area contributed by atoms with Crippen LogP contribution >= 0.6 is 23.8 Å². The number of hydrogen-bond acceptors (Lipinski definition) is 6. The molecule has 1 aliphatic rings. The van der Waals surface area contributed by atoms with Gasteiger partial charge < -0.3 is 20.3 Å². The Morgan fingerprint density at radius 2 is 1.55 bits per heavy atom. The third-order valence-corrected chi connectivity index (χ3v) is 8.84. The van der Waals surface area contributed by atoms with Crippen molar-refractivity contribution in [3.8, 4) is 0 Å². The van der Waals surface area contributed by atoms with Crippen molar-refractivity contribution in [3.05, 3.63) is 95.6 Å². The monoisotopic (exact) mass is 608 g/mol. The maximum absolute atomic E-state index is 13.3. The number of thioether (sulfide) groups is 1. The average Bonchev–Trinajstić information content (AvgIpc) is 3.01. The zero-order valence-corrected chi connectivity index (χ0v) is 26.5. The zero-order chi connectivity index (χ0) is 30.4. The fourth-order valence-corrected chi connectivity index (χ4v) is 5.88. The highest BCUT2D eigenvalue weighted by Crippen LogP contribution is 2.37. The molecule has 4 N–H and O–H groups in total. The molecule has 0 bridgehead atoms. The van der Waals surface area contributed by atoms with Crippen molar-refractivity contribution in [1.82, 2.24) is 5.32 Å². The summed E-state index contributed by atoms with van der Waals surface area (Å²) in [6.45, 7) is 7.30. The van der Waals surface area contributed by atoms with E-state index in [1.165, 1.54) is 49.4 Å². The fourth-order valence-electron chi connectivity index (χ4n) is 4.66. The van der Waals surface area contributed by atoms with Crippen LogP contribution in [0.3, 0.4) is 0 Å². The Hall–Kier alpha value is -2.78. The molecule has 6 nitrogen and oxygen atoms in total. The minimum absolute atomic E-state index is 0.0275. The summed E-state index contributed by atoms with van der Waals surface area (Å²) < 4.78 is 8.79. The molecule has 0 radical (unpaired) electrons. The maximum Gasteiger partial charge on any atom is 0.251 e. The molecule has 2 amide bonds. The van der Waals surface area contributed by atoms with Gasteiger partial charge in [-0.1, -0.05) is 82.5 Å². The fraction of sp³-hybridized carbons (Fsp3) is 0.412. The van der Waals surface area contributed by atoms with Crippen LogP contribution in [0, 0.1) is 5.92 Å². The summed E-state index contributed by atoms with van der Waals surface area (Å²) in [4.78, 5) is 26.4. The molecule has 0 spiro atoms. The molecule has 1 unspecified atom stereocenters. The summed E-state index contributed by atoms with van der Waals surface area (Å²) >= 11 is 2.14. The number of carbonyl (C=O) groups excluding carboxylic acids is 2. The van der Waals surface area contributed by atoms with Crippen molar-refractivity contribution < 1.29 is 19.2 Å². The predicted octanol–water partition coefficient (Wildman–Crippen LogP) is 7.95. The van der Waals surface area contributed by atoms with Gasteiger partial charge in [0.05, 0.1) is 0 Å². The summed E-state index contributed by atoms with van der Waals surface area (Å²) in [5.41, 5.74) is 3.43. The van der Waals surface area contributed by atoms with Crippen LogP contribution in [0.1, 0.15) is 79.6 Å². The number of para-hydroxylation sites is 1. The van der Waals surface area contributed by atoms with Crippen LogP contribution < -0.4 is 10.6 Å². The Morgan fingerprint density at radius 1 is 0.905 bits per heavy atom. The minimum Gasteiger partial charge on any atom is -0.396 e. The van der Waals surface area contributed by atoms with E-state index in [0.717, 1.165) is 16.1 Å². The number of rotatable bonds is 10. The molecule has 1 atom stereocenters. The first-order chi connectivity index (χ1) is 20.2. The molecule has 0 heterocycles. The lowest BCUT2D eigenvalue weighted by Gasteiger charge is -2.21. The van der Waals surface area contributed by atoms with Gasteiger partial charge in [0.2, 0.25) is 5.91 Å². The highest BCUT2D eigenvalue weighted by molar-refractivity contribution is 8.00. The van der Waals surface area contributed by atoms with Crippen LogP contribution in [0.15, 0.2) is 83.8 Å². The lowest BCUT2D eigenvalue weighted by atomic mass is 9.86. The number of anilines is 1. The topological polar surface area (TPSA) is 98.7 Å². The Labute approximate surface area is 259 Å². The molecular formula is C34H44N2O4S2. The van der Waals surface area contributed by atoms with Gasteiger partial charge in [-0.15, -0.1) is 11.8 Å². The lowest BCUT2D eigenvalue weighted by Crippen LogP contribution is -2.25. The minimum atomic E-state index is -0.463. The summed E-state index contributed by atoms with van der Waals surface area (Å²) in [5.74, 6) is 0.778. The van der Waals surface area contributed by atoms with E-state index in [1.807, 2.05) is 54.6 Å². The first-order valence-corrected chi connectivity index (χ1v) is 16.4. The van der Waals surface area contributed by atoms with Crippen LogP contribution in [-0.2, 0) is 10.2 Å².